The van der Waals surface area contributed by atoms with E-state index in [4.69, 9.17) is 9.47 Å². The first kappa shape index (κ1) is 42.8. The molecular formula is C39H68O6. The molecule has 0 bridgehead atoms. The van der Waals surface area contributed by atoms with Gasteiger partial charge in [0.1, 0.15) is 19.3 Å². The maximum Gasteiger partial charge on any atom is 0.305 e. The zero-order valence-corrected chi connectivity index (χ0v) is 29.0. The molecule has 260 valence electrons. The molecule has 0 aliphatic rings. The van der Waals surface area contributed by atoms with E-state index in [1.165, 1.54) is 64.2 Å². The lowest BCUT2D eigenvalue weighted by molar-refractivity contribution is -0.152. The molecule has 0 aliphatic heterocycles. The van der Waals surface area contributed by atoms with Gasteiger partial charge in [-0.05, 0) is 57.8 Å². The van der Waals surface area contributed by atoms with E-state index in [2.05, 4.69) is 55.5 Å². The van der Waals surface area contributed by atoms with Gasteiger partial charge >= 0.3 is 11.9 Å². The van der Waals surface area contributed by atoms with E-state index < -0.39 is 6.10 Å². The minimum atomic E-state index is -0.993. The van der Waals surface area contributed by atoms with E-state index in [0.29, 0.717) is 19.3 Å². The molecular weight excluding hydrogens is 564 g/mol. The normalized spacial score (nSPS) is 13.4. The quantitative estimate of drug-likeness (QED) is 0.0435. The molecule has 6 nitrogen and oxygen atoms in total. The average molecular weight is 633 g/mol. The van der Waals surface area contributed by atoms with E-state index in [-0.39, 0.29) is 31.3 Å². The molecule has 0 fully saturated rings. The second-order valence-electron chi connectivity index (χ2n) is 12.1. The highest BCUT2D eigenvalue weighted by atomic mass is 16.6. The second kappa shape index (κ2) is 34.7. The summed E-state index contributed by atoms with van der Waals surface area (Å²) in [5.41, 5.74) is 0. The molecule has 0 rings (SSSR count). The summed E-state index contributed by atoms with van der Waals surface area (Å²) in [4.78, 5) is 23.8. The van der Waals surface area contributed by atoms with Gasteiger partial charge in [-0.1, -0.05) is 140 Å². The third-order valence-corrected chi connectivity index (χ3v) is 7.73. The lowest BCUT2D eigenvalue weighted by atomic mass is 10.0. The van der Waals surface area contributed by atoms with Gasteiger partial charge in [-0.2, -0.15) is 0 Å². The molecule has 0 heterocycles. The van der Waals surface area contributed by atoms with Crippen LogP contribution in [-0.2, 0) is 19.1 Å². The summed E-state index contributed by atoms with van der Waals surface area (Å²) in [6, 6.07) is 0. The number of allylic oxidation sites excluding steroid dienone is 8. The Hall–Kier alpha value is -2.18. The maximum atomic E-state index is 11.9. The first-order chi connectivity index (χ1) is 22.0. The van der Waals surface area contributed by atoms with Crippen LogP contribution in [0.4, 0.5) is 0 Å². The van der Waals surface area contributed by atoms with Gasteiger partial charge in [-0.15, -0.1) is 0 Å². The van der Waals surface area contributed by atoms with E-state index in [0.717, 1.165) is 64.2 Å². The predicted octanol–water partition coefficient (Wildman–Crippen LogP) is 10.0. The van der Waals surface area contributed by atoms with Crippen LogP contribution < -0.4 is 0 Å². The van der Waals surface area contributed by atoms with Crippen molar-refractivity contribution in [2.45, 2.75) is 174 Å². The van der Waals surface area contributed by atoms with Gasteiger partial charge in [0.05, 0.1) is 6.10 Å². The molecule has 45 heavy (non-hydrogen) atoms. The summed E-state index contributed by atoms with van der Waals surface area (Å²) < 4.78 is 10.3. The summed E-state index contributed by atoms with van der Waals surface area (Å²) in [5, 5.41) is 19.5. The highest BCUT2D eigenvalue weighted by Gasteiger charge is 2.12. The average Bonchev–Trinajstić information content (AvgIpc) is 3.04. The molecule has 6 heteroatoms. The zero-order valence-electron chi connectivity index (χ0n) is 29.0. The highest BCUT2D eigenvalue weighted by Crippen LogP contribution is 2.13. The minimum Gasteiger partial charge on any atom is -0.463 e. The molecule has 0 aromatic heterocycles. The van der Waals surface area contributed by atoms with Crippen LogP contribution in [0.25, 0.3) is 0 Å². The first-order valence-corrected chi connectivity index (χ1v) is 18.3. The monoisotopic (exact) mass is 633 g/mol. The summed E-state index contributed by atoms with van der Waals surface area (Å²) in [6.07, 6.45) is 39.6. The fourth-order valence-corrected chi connectivity index (χ4v) is 4.76. The summed E-state index contributed by atoms with van der Waals surface area (Å²) >= 11 is 0. The fourth-order valence-electron chi connectivity index (χ4n) is 4.76. The van der Waals surface area contributed by atoms with Crippen molar-refractivity contribution in [3.05, 3.63) is 48.6 Å². The number of rotatable bonds is 32. The highest BCUT2D eigenvalue weighted by molar-refractivity contribution is 5.69. The maximum absolute atomic E-state index is 11.9. The number of hydrogen-bond acceptors (Lipinski definition) is 6. The van der Waals surface area contributed by atoms with Crippen molar-refractivity contribution in [3.63, 3.8) is 0 Å². The molecule has 0 aromatic rings. The third-order valence-electron chi connectivity index (χ3n) is 7.73. The van der Waals surface area contributed by atoms with Crippen molar-refractivity contribution in [2.75, 3.05) is 13.2 Å². The minimum absolute atomic E-state index is 0.140. The van der Waals surface area contributed by atoms with Crippen LogP contribution in [0.2, 0.25) is 0 Å². The van der Waals surface area contributed by atoms with Gasteiger partial charge in [0.2, 0.25) is 0 Å². The largest absolute Gasteiger partial charge is 0.463 e. The number of aliphatic hydroxyl groups is 2. The third kappa shape index (κ3) is 34.5. The predicted molar refractivity (Wildman–Crippen MR) is 188 cm³/mol. The van der Waals surface area contributed by atoms with Crippen molar-refractivity contribution in [1.29, 1.82) is 0 Å². The number of carbonyl (C=O) groups is 2. The molecule has 0 amide bonds. The van der Waals surface area contributed by atoms with Crippen molar-refractivity contribution < 1.29 is 29.3 Å². The van der Waals surface area contributed by atoms with Crippen LogP contribution in [0.1, 0.15) is 162 Å². The Labute approximate surface area is 276 Å². The van der Waals surface area contributed by atoms with Gasteiger partial charge in [0.25, 0.3) is 0 Å². The van der Waals surface area contributed by atoms with Crippen LogP contribution >= 0.6 is 0 Å². The van der Waals surface area contributed by atoms with Crippen molar-refractivity contribution in [1.82, 2.24) is 0 Å². The molecule has 0 spiro atoms. The van der Waals surface area contributed by atoms with E-state index in [9.17, 15) is 19.8 Å². The molecule has 0 radical (unpaired) electrons. The summed E-state index contributed by atoms with van der Waals surface area (Å²) in [5.74, 6) is -0.647. The molecule has 0 aliphatic carbocycles. The van der Waals surface area contributed by atoms with Gasteiger partial charge in [-0.3, -0.25) is 9.59 Å². The topological polar surface area (TPSA) is 93.1 Å². The molecule has 0 saturated carbocycles. The summed E-state index contributed by atoms with van der Waals surface area (Å²) in [6.45, 7) is 3.96. The van der Waals surface area contributed by atoms with E-state index in [1.54, 1.807) is 0 Å². The van der Waals surface area contributed by atoms with Gasteiger partial charge in [-0.25, -0.2) is 0 Å². The van der Waals surface area contributed by atoms with Gasteiger partial charge in [0.15, 0.2) is 0 Å². The molecule has 2 N–H and O–H groups in total. The first-order valence-electron chi connectivity index (χ1n) is 18.3. The van der Waals surface area contributed by atoms with Gasteiger partial charge < -0.3 is 19.7 Å². The van der Waals surface area contributed by atoms with Gasteiger partial charge in [0, 0.05) is 12.8 Å². The Morgan fingerprint density at radius 3 is 1.38 bits per heavy atom. The standard InChI is InChI=1S/C39H68O6/c1-3-5-6-7-8-9-10-13-17-20-23-26-29-32-38(42)44-34-37(41)35-45-39(43)33-30-27-24-21-18-15-12-11-14-16-19-22-25-28-31-36(40)4-2/h12,14-16,21-22,24-25,36-37,40-41H,3-11,13,17-20,23,26-35H2,1-2H3/b15-12-,16-14-,24-21-,25-22-/t36-,37+/m0/s1. The number of carbonyl (C=O) groups excluding carboxylic acids is 2. The SMILES string of the molecule is CCCCCCCCCCCCCCCC(=O)OC[C@@H](O)COC(=O)CCC/C=C\C/C=C\C/C=C\C/C=C\CC[C@@H](O)CC. The number of unbranched alkanes of at least 4 members (excludes halogenated alkanes) is 13. The van der Waals surface area contributed by atoms with Crippen LogP contribution in [-0.4, -0.2) is 47.6 Å². The number of hydrogen-bond donors (Lipinski definition) is 2. The Morgan fingerprint density at radius 1 is 0.511 bits per heavy atom. The zero-order chi connectivity index (χ0) is 33.1. The number of ether oxygens (including phenoxy) is 2. The van der Waals surface area contributed by atoms with E-state index >= 15 is 0 Å². The van der Waals surface area contributed by atoms with Crippen LogP contribution in [0.5, 0.6) is 0 Å². The van der Waals surface area contributed by atoms with Crippen LogP contribution in [0, 0.1) is 0 Å². The van der Waals surface area contributed by atoms with Crippen LogP contribution in [0.3, 0.4) is 0 Å². The smallest absolute Gasteiger partial charge is 0.305 e. The lowest BCUT2D eigenvalue weighted by Gasteiger charge is -2.12. The molecule has 0 aromatic carbocycles. The fraction of sp³-hybridized carbons (Fsp3) is 0.744. The summed E-state index contributed by atoms with van der Waals surface area (Å²) in [7, 11) is 0. The number of aliphatic hydroxyl groups excluding tert-OH is 2. The number of esters is 2. The Morgan fingerprint density at radius 2 is 0.911 bits per heavy atom. The van der Waals surface area contributed by atoms with Crippen molar-refractivity contribution >= 4 is 11.9 Å². The molecule has 0 unspecified atom stereocenters. The Balaban J connectivity index is 3.57. The lowest BCUT2D eigenvalue weighted by Crippen LogP contribution is -2.25. The molecule has 0 saturated heterocycles. The van der Waals surface area contributed by atoms with Crippen molar-refractivity contribution in [3.8, 4) is 0 Å². The Bertz CT molecular complexity index is 784. The van der Waals surface area contributed by atoms with Crippen LogP contribution in [0.15, 0.2) is 48.6 Å². The van der Waals surface area contributed by atoms with E-state index in [1.807, 2.05) is 6.92 Å². The second-order valence-corrected chi connectivity index (χ2v) is 12.1. The Kier molecular flexibility index (Phi) is 33.0. The van der Waals surface area contributed by atoms with Crippen molar-refractivity contribution in [2.24, 2.45) is 0 Å². The molecule has 2 atom stereocenters.